The van der Waals surface area contributed by atoms with E-state index in [0.717, 1.165) is 11.0 Å². The molecule has 0 spiro atoms. The summed E-state index contributed by atoms with van der Waals surface area (Å²) in [5.41, 5.74) is 4.48. The van der Waals surface area contributed by atoms with Gasteiger partial charge >= 0.3 is 0 Å². The van der Waals surface area contributed by atoms with Crippen LogP contribution in [0.25, 0.3) is 22.3 Å². The van der Waals surface area contributed by atoms with Gasteiger partial charge in [0.15, 0.2) is 0 Å². The molecule has 17 heavy (non-hydrogen) atoms. The van der Waals surface area contributed by atoms with E-state index in [0.29, 0.717) is 0 Å². The zero-order valence-corrected chi connectivity index (χ0v) is 11.4. The number of rotatable bonds is 1. The van der Waals surface area contributed by atoms with E-state index in [9.17, 15) is 0 Å². The molecule has 3 rings (SSSR count). The Hall–Kier alpha value is -1.43. The topological polar surface area (TPSA) is 30.7 Å². The summed E-state index contributed by atoms with van der Waals surface area (Å²) in [5.74, 6) is 0. The SMILES string of the molecule is Cn1c(-c2ccccc2)c(I)c2ncncc21. The van der Waals surface area contributed by atoms with Gasteiger partial charge < -0.3 is 4.57 Å². The van der Waals surface area contributed by atoms with Gasteiger partial charge in [-0.25, -0.2) is 9.97 Å². The van der Waals surface area contributed by atoms with Crippen LogP contribution in [0.15, 0.2) is 42.9 Å². The van der Waals surface area contributed by atoms with Gasteiger partial charge in [0.2, 0.25) is 0 Å². The molecule has 1 aromatic carbocycles. The standard InChI is InChI=1S/C13H10IN3/c1-17-10-7-15-8-16-12(10)11(14)13(17)9-5-3-2-4-6-9/h2-8H,1H3. The highest BCUT2D eigenvalue weighted by Crippen LogP contribution is 2.32. The van der Waals surface area contributed by atoms with Crippen molar-refractivity contribution in [3.05, 3.63) is 46.4 Å². The molecule has 2 aromatic heterocycles. The van der Waals surface area contributed by atoms with Gasteiger partial charge in [0, 0.05) is 7.05 Å². The van der Waals surface area contributed by atoms with Crippen molar-refractivity contribution in [3.63, 3.8) is 0 Å². The third-order valence-electron chi connectivity index (χ3n) is 2.85. The molecule has 84 valence electrons. The largest absolute Gasteiger partial charge is 0.340 e. The van der Waals surface area contributed by atoms with Gasteiger partial charge in [-0.3, -0.25) is 0 Å². The Bertz CT molecular complexity index is 635. The molecule has 4 heteroatoms. The van der Waals surface area contributed by atoms with Crippen molar-refractivity contribution in [1.82, 2.24) is 14.5 Å². The first kappa shape index (κ1) is 10.7. The molecule has 0 fully saturated rings. The lowest BCUT2D eigenvalue weighted by Crippen LogP contribution is -1.92. The van der Waals surface area contributed by atoms with Crippen molar-refractivity contribution in [2.24, 2.45) is 7.05 Å². The Morgan fingerprint density at radius 1 is 1.18 bits per heavy atom. The van der Waals surface area contributed by atoms with E-state index in [1.54, 1.807) is 6.33 Å². The monoisotopic (exact) mass is 335 g/mol. The van der Waals surface area contributed by atoms with Gasteiger partial charge in [-0.05, 0) is 28.2 Å². The normalized spacial score (nSPS) is 10.9. The quantitative estimate of drug-likeness (QED) is 0.639. The Labute approximate surface area is 113 Å². The number of aromatic nitrogens is 3. The molecule has 0 saturated heterocycles. The van der Waals surface area contributed by atoms with E-state index in [1.165, 1.54) is 14.8 Å². The lowest BCUT2D eigenvalue weighted by atomic mass is 10.1. The highest BCUT2D eigenvalue weighted by Gasteiger charge is 2.15. The van der Waals surface area contributed by atoms with Gasteiger partial charge in [0.25, 0.3) is 0 Å². The first-order valence-electron chi connectivity index (χ1n) is 5.28. The molecule has 0 aliphatic rings. The van der Waals surface area contributed by atoms with Crippen LogP contribution in [0.5, 0.6) is 0 Å². The smallest absolute Gasteiger partial charge is 0.116 e. The summed E-state index contributed by atoms with van der Waals surface area (Å²) >= 11 is 2.35. The molecule has 0 N–H and O–H groups in total. The van der Waals surface area contributed by atoms with E-state index >= 15 is 0 Å². The second kappa shape index (κ2) is 4.10. The number of nitrogens with zero attached hydrogens (tertiary/aromatic N) is 3. The molecular formula is C13H10IN3. The summed E-state index contributed by atoms with van der Waals surface area (Å²) < 4.78 is 3.32. The third-order valence-corrected chi connectivity index (χ3v) is 3.87. The van der Waals surface area contributed by atoms with Crippen LogP contribution in [0.2, 0.25) is 0 Å². The van der Waals surface area contributed by atoms with E-state index in [4.69, 9.17) is 0 Å². The van der Waals surface area contributed by atoms with Gasteiger partial charge in [0.1, 0.15) is 11.8 Å². The van der Waals surface area contributed by atoms with Crippen molar-refractivity contribution < 1.29 is 0 Å². The maximum Gasteiger partial charge on any atom is 0.116 e. The molecule has 3 aromatic rings. The van der Waals surface area contributed by atoms with Gasteiger partial charge in [-0.2, -0.15) is 0 Å². The highest BCUT2D eigenvalue weighted by molar-refractivity contribution is 14.1. The van der Waals surface area contributed by atoms with Gasteiger partial charge in [0.05, 0.1) is 21.0 Å². The van der Waals surface area contributed by atoms with E-state index in [2.05, 4.69) is 68.4 Å². The first-order valence-corrected chi connectivity index (χ1v) is 6.36. The third kappa shape index (κ3) is 1.63. The van der Waals surface area contributed by atoms with Crippen LogP contribution in [0, 0.1) is 3.57 Å². The van der Waals surface area contributed by atoms with E-state index in [1.807, 2.05) is 12.3 Å². The lowest BCUT2D eigenvalue weighted by Gasteiger charge is -2.04. The summed E-state index contributed by atoms with van der Waals surface area (Å²) in [5, 5.41) is 0. The van der Waals surface area contributed by atoms with Crippen molar-refractivity contribution >= 4 is 33.6 Å². The molecule has 0 amide bonds. The van der Waals surface area contributed by atoms with Crippen LogP contribution >= 0.6 is 22.6 Å². The number of hydrogen-bond acceptors (Lipinski definition) is 2. The van der Waals surface area contributed by atoms with Crippen LogP contribution < -0.4 is 0 Å². The molecule has 0 saturated carbocycles. The number of fused-ring (bicyclic) bond motifs is 1. The Balaban J connectivity index is 2.38. The van der Waals surface area contributed by atoms with E-state index in [-0.39, 0.29) is 0 Å². The minimum absolute atomic E-state index is 1.02. The van der Waals surface area contributed by atoms with Crippen LogP contribution in [-0.4, -0.2) is 14.5 Å². The van der Waals surface area contributed by atoms with Crippen LogP contribution in [0.1, 0.15) is 0 Å². The fourth-order valence-corrected chi connectivity index (χ4v) is 3.12. The zero-order valence-electron chi connectivity index (χ0n) is 9.26. The summed E-state index contributed by atoms with van der Waals surface area (Å²) in [6, 6.07) is 10.4. The molecule has 3 nitrogen and oxygen atoms in total. The molecule has 0 radical (unpaired) electrons. The fourth-order valence-electron chi connectivity index (χ4n) is 2.03. The highest BCUT2D eigenvalue weighted by atomic mass is 127. The maximum absolute atomic E-state index is 4.35. The summed E-state index contributed by atoms with van der Waals surface area (Å²) in [7, 11) is 2.05. The molecule has 0 aliphatic heterocycles. The van der Waals surface area contributed by atoms with Crippen LogP contribution in [-0.2, 0) is 7.05 Å². The van der Waals surface area contributed by atoms with Crippen LogP contribution in [0.4, 0.5) is 0 Å². The average Bonchev–Trinajstić information content (AvgIpc) is 2.64. The number of hydrogen-bond donors (Lipinski definition) is 0. The molecule has 0 aliphatic carbocycles. The number of benzene rings is 1. The number of aryl methyl sites for hydroxylation is 1. The maximum atomic E-state index is 4.35. The van der Waals surface area contributed by atoms with Crippen molar-refractivity contribution in [3.8, 4) is 11.3 Å². The van der Waals surface area contributed by atoms with Gasteiger partial charge in [-0.15, -0.1) is 0 Å². The molecule has 0 bridgehead atoms. The summed E-state index contributed by atoms with van der Waals surface area (Å²) in [4.78, 5) is 8.43. The summed E-state index contributed by atoms with van der Waals surface area (Å²) in [6.07, 6.45) is 3.45. The van der Waals surface area contributed by atoms with Gasteiger partial charge in [-0.1, -0.05) is 30.3 Å². The minimum atomic E-state index is 1.02. The first-order chi connectivity index (χ1) is 8.29. The van der Waals surface area contributed by atoms with Crippen molar-refractivity contribution in [1.29, 1.82) is 0 Å². The minimum Gasteiger partial charge on any atom is -0.340 e. The molecule has 0 atom stereocenters. The average molecular weight is 335 g/mol. The molecule has 2 heterocycles. The summed E-state index contributed by atoms with van der Waals surface area (Å²) in [6.45, 7) is 0. The van der Waals surface area contributed by atoms with Crippen LogP contribution in [0.3, 0.4) is 0 Å². The lowest BCUT2D eigenvalue weighted by molar-refractivity contribution is 0.969. The Kier molecular flexibility index (Phi) is 2.58. The fraction of sp³-hybridized carbons (Fsp3) is 0.0769. The predicted molar refractivity (Wildman–Crippen MR) is 76.7 cm³/mol. The Morgan fingerprint density at radius 3 is 2.65 bits per heavy atom. The second-order valence-electron chi connectivity index (χ2n) is 3.84. The predicted octanol–water partition coefficient (Wildman–Crippen LogP) is 3.24. The Morgan fingerprint density at radius 2 is 1.94 bits per heavy atom. The second-order valence-corrected chi connectivity index (χ2v) is 4.92. The van der Waals surface area contributed by atoms with Crippen molar-refractivity contribution in [2.75, 3.05) is 0 Å². The molecule has 0 unspecified atom stereocenters. The molecular weight excluding hydrogens is 325 g/mol. The van der Waals surface area contributed by atoms with Crippen molar-refractivity contribution in [2.45, 2.75) is 0 Å². The van der Waals surface area contributed by atoms with E-state index < -0.39 is 0 Å². The zero-order chi connectivity index (χ0) is 11.8. The number of halogens is 1.